The van der Waals surface area contributed by atoms with Crippen LogP contribution >= 0.6 is 0 Å². The third-order valence-electron chi connectivity index (χ3n) is 1.95. The lowest BCUT2D eigenvalue weighted by atomic mass is 10.3. The van der Waals surface area contributed by atoms with Gasteiger partial charge >= 0.3 is 0 Å². The highest BCUT2D eigenvalue weighted by Crippen LogP contribution is 1.95. The van der Waals surface area contributed by atoms with Gasteiger partial charge in [0.05, 0.1) is 12.6 Å². The van der Waals surface area contributed by atoms with Gasteiger partial charge in [0.15, 0.2) is 0 Å². The molecule has 2 heterocycles. The van der Waals surface area contributed by atoms with Gasteiger partial charge < -0.3 is 5.32 Å². The molecule has 78 valence electrons. The Morgan fingerprint density at radius 3 is 3.07 bits per heavy atom. The number of H-pyrrole nitrogens is 2. The normalized spacial score (nSPS) is 10.1. The first kappa shape index (κ1) is 9.45. The topological polar surface area (TPSA) is 86.5 Å². The summed E-state index contributed by atoms with van der Waals surface area (Å²) in [6.45, 7) is 0.490. The molecule has 2 aromatic heterocycles. The summed E-state index contributed by atoms with van der Waals surface area (Å²) in [5, 5.41) is 15.7. The molecule has 1 amide bonds. The van der Waals surface area contributed by atoms with Gasteiger partial charge in [-0.3, -0.25) is 15.0 Å². The first-order valence-electron chi connectivity index (χ1n) is 4.57. The number of aromatic amines is 2. The molecule has 0 bridgehead atoms. The molecule has 15 heavy (non-hydrogen) atoms. The largest absolute Gasteiger partial charge is 0.352 e. The quantitative estimate of drug-likeness (QED) is 0.656. The van der Waals surface area contributed by atoms with E-state index in [1.165, 1.54) is 0 Å². The second-order valence-electron chi connectivity index (χ2n) is 3.14. The van der Waals surface area contributed by atoms with E-state index < -0.39 is 0 Å². The second kappa shape index (κ2) is 4.41. The van der Waals surface area contributed by atoms with Crippen molar-refractivity contribution in [1.29, 1.82) is 0 Å². The predicted octanol–water partition coefficient (Wildman–Crippen LogP) is -0.00830. The summed E-state index contributed by atoms with van der Waals surface area (Å²) in [5.41, 5.74) is 1.76. The molecule has 0 unspecified atom stereocenters. The van der Waals surface area contributed by atoms with Gasteiger partial charge in [-0.1, -0.05) is 0 Å². The first-order valence-corrected chi connectivity index (χ1v) is 4.57. The number of hydrogen-bond donors (Lipinski definition) is 3. The molecule has 2 rings (SSSR count). The monoisotopic (exact) mass is 205 g/mol. The van der Waals surface area contributed by atoms with Crippen LogP contribution in [0.3, 0.4) is 0 Å². The molecule has 0 fully saturated rings. The van der Waals surface area contributed by atoms with Crippen LogP contribution < -0.4 is 5.32 Å². The molecule has 2 aromatic rings. The van der Waals surface area contributed by atoms with Gasteiger partial charge in [-0.05, 0) is 6.07 Å². The number of nitrogens with one attached hydrogen (secondary N) is 3. The van der Waals surface area contributed by atoms with Gasteiger partial charge in [-0.15, -0.1) is 0 Å². The van der Waals surface area contributed by atoms with E-state index in [9.17, 15) is 4.79 Å². The van der Waals surface area contributed by atoms with E-state index in [4.69, 9.17) is 0 Å². The summed E-state index contributed by atoms with van der Waals surface area (Å²) >= 11 is 0. The third kappa shape index (κ3) is 2.67. The fourth-order valence-corrected chi connectivity index (χ4v) is 1.19. The van der Waals surface area contributed by atoms with E-state index in [0.29, 0.717) is 13.0 Å². The minimum atomic E-state index is -0.0412. The average Bonchev–Trinajstić information content (AvgIpc) is 2.86. The highest BCUT2D eigenvalue weighted by atomic mass is 16.1. The second-order valence-corrected chi connectivity index (χ2v) is 3.14. The molecule has 3 N–H and O–H groups in total. The zero-order valence-electron chi connectivity index (χ0n) is 8.03. The highest BCUT2D eigenvalue weighted by Gasteiger charge is 2.04. The van der Waals surface area contributed by atoms with Crippen molar-refractivity contribution in [3.05, 3.63) is 35.9 Å². The summed E-state index contributed by atoms with van der Waals surface area (Å²) in [7, 11) is 0. The molecule has 0 aliphatic rings. The van der Waals surface area contributed by atoms with E-state index in [1.54, 1.807) is 24.7 Å². The van der Waals surface area contributed by atoms with Gasteiger partial charge in [0, 0.05) is 30.2 Å². The van der Waals surface area contributed by atoms with Gasteiger partial charge in [0.2, 0.25) is 5.91 Å². The number of nitrogens with zero attached hydrogens (tertiary/aromatic N) is 2. The number of carbonyl (C=O) groups excluding carboxylic acids is 1. The Hall–Kier alpha value is -2.11. The number of carbonyl (C=O) groups is 1. The van der Waals surface area contributed by atoms with Crippen LogP contribution in [0.5, 0.6) is 0 Å². The summed E-state index contributed by atoms with van der Waals surface area (Å²) in [6.07, 6.45) is 5.36. The average molecular weight is 205 g/mol. The molecule has 0 aliphatic carbocycles. The minimum Gasteiger partial charge on any atom is -0.352 e. The molecule has 0 radical (unpaired) electrons. The lowest BCUT2D eigenvalue weighted by Gasteiger charge is -2.01. The van der Waals surface area contributed by atoms with Gasteiger partial charge in [0.1, 0.15) is 0 Å². The molecule has 0 spiro atoms. The van der Waals surface area contributed by atoms with Gasteiger partial charge in [-0.25, -0.2) is 0 Å². The van der Waals surface area contributed by atoms with Crippen LogP contribution in [0.1, 0.15) is 11.3 Å². The van der Waals surface area contributed by atoms with Gasteiger partial charge in [-0.2, -0.15) is 10.2 Å². The summed E-state index contributed by atoms with van der Waals surface area (Å²) in [5.74, 6) is -0.0412. The lowest BCUT2D eigenvalue weighted by molar-refractivity contribution is -0.120. The number of hydrogen-bond acceptors (Lipinski definition) is 3. The molecule has 6 heteroatoms. The van der Waals surface area contributed by atoms with E-state index >= 15 is 0 Å². The fraction of sp³-hybridized carbons (Fsp3) is 0.222. The van der Waals surface area contributed by atoms with Crippen molar-refractivity contribution >= 4 is 5.91 Å². The molecule has 6 nitrogen and oxygen atoms in total. The van der Waals surface area contributed by atoms with E-state index in [1.807, 2.05) is 0 Å². The first-order chi connectivity index (χ1) is 7.34. The maximum Gasteiger partial charge on any atom is 0.226 e. The molecule has 0 aromatic carbocycles. The number of rotatable bonds is 4. The van der Waals surface area contributed by atoms with Crippen molar-refractivity contribution in [2.45, 2.75) is 13.0 Å². The van der Waals surface area contributed by atoms with Crippen LogP contribution in [-0.4, -0.2) is 26.3 Å². The SMILES string of the molecule is O=C(Cc1ccn[nH]1)NCc1cn[nH]c1. The molecule has 0 saturated carbocycles. The zero-order valence-corrected chi connectivity index (χ0v) is 8.03. The maximum absolute atomic E-state index is 11.4. The summed E-state index contributed by atoms with van der Waals surface area (Å²) in [4.78, 5) is 11.4. The Morgan fingerprint density at radius 2 is 2.40 bits per heavy atom. The maximum atomic E-state index is 11.4. The Morgan fingerprint density at radius 1 is 1.47 bits per heavy atom. The van der Waals surface area contributed by atoms with Crippen molar-refractivity contribution in [2.24, 2.45) is 0 Å². The van der Waals surface area contributed by atoms with Crippen molar-refractivity contribution in [3.63, 3.8) is 0 Å². The highest BCUT2D eigenvalue weighted by molar-refractivity contribution is 5.77. The summed E-state index contributed by atoms with van der Waals surface area (Å²) in [6, 6.07) is 1.78. The van der Waals surface area contributed by atoms with Crippen molar-refractivity contribution < 1.29 is 4.79 Å². The van der Waals surface area contributed by atoms with E-state index in [0.717, 1.165) is 11.3 Å². The molecule has 0 saturated heterocycles. The van der Waals surface area contributed by atoms with Crippen LogP contribution in [0.25, 0.3) is 0 Å². The molecule has 0 atom stereocenters. The smallest absolute Gasteiger partial charge is 0.226 e. The Bertz CT molecular complexity index is 406. The molecule has 0 aliphatic heterocycles. The number of aromatic nitrogens is 4. The van der Waals surface area contributed by atoms with E-state index in [-0.39, 0.29) is 5.91 Å². The van der Waals surface area contributed by atoms with Crippen LogP contribution in [0, 0.1) is 0 Å². The Balaban J connectivity index is 1.78. The Kier molecular flexibility index (Phi) is 2.77. The lowest BCUT2D eigenvalue weighted by Crippen LogP contribution is -2.24. The molecular formula is C9H11N5O. The van der Waals surface area contributed by atoms with Crippen LogP contribution in [0.15, 0.2) is 24.7 Å². The fourth-order valence-electron chi connectivity index (χ4n) is 1.19. The Labute approximate surface area is 86.1 Å². The predicted molar refractivity (Wildman–Crippen MR) is 52.7 cm³/mol. The number of amides is 1. The third-order valence-corrected chi connectivity index (χ3v) is 1.95. The van der Waals surface area contributed by atoms with Crippen LogP contribution in [0.4, 0.5) is 0 Å². The molecular weight excluding hydrogens is 194 g/mol. The van der Waals surface area contributed by atoms with Crippen molar-refractivity contribution in [2.75, 3.05) is 0 Å². The zero-order chi connectivity index (χ0) is 10.5. The standard InChI is InChI=1S/C9H11N5O/c15-9(3-8-1-2-11-14-8)10-4-7-5-12-13-6-7/h1-2,5-6H,3-4H2,(H,10,15)(H,11,14)(H,12,13). The van der Waals surface area contributed by atoms with Crippen LogP contribution in [-0.2, 0) is 17.8 Å². The summed E-state index contributed by atoms with van der Waals surface area (Å²) < 4.78 is 0. The van der Waals surface area contributed by atoms with E-state index in [2.05, 4.69) is 25.7 Å². The van der Waals surface area contributed by atoms with Crippen LogP contribution in [0.2, 0.25) is 0 Å². The van der Waals surface area contributed by atoms with Gasteiger partial charge in [0.25, 0.3) is 0 Å². The van der Waals surface area contributed by atoms with Crippen molar-refractivity contribution in [1.82, 2.24) is 25.7 Å². The minimum absolute atomic E-state index is 0.0412. The van der Waals surface area contributed by atoms with Crippen molar-refractivity contribution in [3.8, 4) is 0 Å².